The fraction of sp³-hybridized carbons (Fsp3) is 0.462. The molecule has 3 atom stereocenters. The third-order valence-electron chi connectivity index (χ3n) is 7.20. The summed E-state index contributed by atoms with van der Waals surface area (Å²) in [5.41, 5.74) is 9.47. The van der Waals surface area contributed by atoms with Gasteiger partial charge in [0.2, 0.25) is 5.91 Å². The first kappa shape index (κ1) is 29.2. The maximum atomic E-state index is 13.8. The number of ether oxygens (including phenoxy) is 1. The second kappa shape index (κ2) is 11.2. The van der Waals surface area contributed by atoms with Crippen molar-refractivity contribution in [1.29, 1.82) is 0 Å². The van der Waals surface area contributed by atoms with E-state index in [9.17, 15) is 28.3 Å². The molecule has 0 N–H and O–H groups in total. The van der Waals surface area contributed by atoms with Crippen LogP contribution < -0.4 is 0 Å². The van der Waals surface area contributed by atoms with E-state index in [-0.39, 0.29) is 18.3 Å². The van der Waals surface area contributed by atoms with E-state index in [2.05, 4.69) is 10.0 Å². The highest BCUT2D eigenvalue weighted by Crippen LogP contribution is 2.39. The predicted octanol–water partition coefficient (Wildman–Crippen LogP) is 7.21. The van der Waals surface area contributed by atoms with Gasteiger partial charge in [-0.2, -0.15) is 13.2 Å². The first-order valence-corrected chi connectivity index (χ1v) is 15.0. The number of hydrogen-bond acceptors (Lipinski definition) is 5. The Morgan fingerprint density at radius 2 is 1.76 bits per heavy atom. The van der Waals surface area contributed by atoms with Crippen molar-refractivity contribution in [2.45, 2.75) is 63.1 Å². The minimum absolute atomic E-state index is 0.0804. The average molecular weight is 549 g/mol. The van der Waals surface area contributed by atoms with Gasteiger partial charge >= 0.3 is 12.3 Å². The van der Waals surface area contributed by atoms with Gasteiger partial charge in [0, 0.05) is 17.4 Å². The van der Waals surface area contributed by atoms with Crippen molar-refractivity contribution in [2.24, 2.45) is 5.11 Å². The number of carbonyl (C=O) groups is 2. The Labute approximate surface area is 220 Å². The number of alkyl halides is 3. The fourth-order valence-electron chi connectivity index (χ4n) is 3.89. The van der Waals surface area contributed by atoms with Gasteiger partial charge in [-0.15, -0.1) is 0 Å². The van der Waals surface area contributed by atoms with E-state index in [0.29, 0.717) is 11.1 Å². The number of carbonyl (C=O) groups excluding carboxylic acids is 2. The molecule has 2 amide bonds. The van der Waals surface area contributed by atoms with Gasteiger partial charge in [-0.3, -0.25) is 4.79 Å². The minimum atomic E-state index is -4.55. The maximum Gasteiger partial charge on any atom is 0.417 e. The van der Waals surface area contributed by atoms with Crippen LogP contribution in [0.4, 0.5) is 18.0 Å². The third kappa shape index (κ3) is 6.37. The molecule has 2 aromatic carbocycles. The Hall–Kier alpha value is -3.34. The molecule has 38 heavy (non-hydrogen) atoms. The van der Waals surface area contributed by atoms with E-state index in [4.69, 9.17) is 9.16 Å². The van der Waals surface area contributed by atoms with E-state index in [1.807, 2.05) is 33.9 Å². The van der Waals surface area contributed by atoms with E-state index in [0.717, 1.165) is 17.0 Å². The standard InChI is InChI=1S/C26H31F3N4O4Si/c1-25(2,3)38(4,5)37-15-20(17-11-13-19(14-12-17)26(27,28)29)22(31-32-30)23(34)33-21(16-36-24(33)35)18-9-7-6-8-10-18/h6-14,20-22H,15-16H2,1-5H3/t20-,21+,22-/m0/s1. The SMILES string of the molecule is CC(C)(C)[Si](C)(C)OC[C@@H](c1ccc(C(F)(F)F)cc1)[C@H](N=[N+]=[N-])C(=O)N1C(=O)OC[C@@H]1c1ccccc1. The first-order valence-electron chi connectivity index (χ1n) is 12.1. The van der Waals surface area contributed by atoms with Crippen LogP contribution in [0.5, 0.6) is 0 Å². The molecule has 204 valence electrons. The van der Waals surface area contributed by atoms with Crippen LogP contribution in [-0.2, 0) is 20.1 Å². The molecule has 0 bridgehead atoms. The topological polar surface area (TPSA) is 105 Å². The van der Waals surface area contributed by atoms with Gasteiger partial charge < -0.3 is 9.16 Å². The molecule has 0 aromatic heterocycles. The van der Waals surface area contributed by atoms with Crippen molar-refractivity contribution in [3.8, 4) is 0 Å². The molecule has 0 aliphatic carbocycles. The Balaban J connectivity index is 2.04. The smallest absolute Gasteiger partial charge is 0.417 e. The van der Waals surface area contributed by atoms with E-state index < -0.39 is 50.1 Å². The highest BCUT2D eigenvalue weighted by atomic mass is 28.4. The van der Waals surface area contributed by atoms with Crippen LogP contribution in [0.3, 0.4) is 0 Å². The molecule has 1 heterocycles. The summed E-state index contributed by atoms with van der Waals surface area (Å²) >= 11 is 0. The molecule has 0 radical (unpaired) electrons. The number of rotatable bonds is 8. The second-order valence-electron chi connectivity index (χ2n) is 10.7. The van der Waals surface area contributed by atoms with Gasteiger partial charge in [0.25, 0.3) is 0 Å². The van der Waals surface area contributed by atoms with Crippen molar-refractivity contribution in [3.05, 3.63) is 81.7 Å². The normalized spacial score (nSPS) is 17.9. The van der Waals surface area contributed by atoms with Crippen LogP contribution in [0.1, 0.15) is 49.4 Å². The average Bonchev–Trinajstić information content (AvgIpc) is 3.24. The van der Waals surface area contributed by atoms with Gasteiger partial charge in [0.05, 0.1) is 5.56 Å². The van der Waals surface area contributed by atoms with Crippen LogP contribution >= 0.6 is 0 Å². The van der Waals surface area contributed by atoms with Crippen LogP contribution in [0, 0.1) is 0 Å². The summed E-state index contributed by atoms with van der Waals surface area (Å²) in [6.45, 7) is 9.86. The monoisotopic (exact) mass is 548 g/mol. The lowest BCUT2D eigenvalue weighted by Crippen LogP contribution is -2.46. The number of halogens is 3. The molecule has 3 rings (SSSR count). The highest BCUT2D eigenvalue weighted by molar-refractivity contribution is 6.74. The largest absolute Gasteiger partial charge is 0.446 e. The minimum Gasteiger partial charge on any atom is -0.446 e. The number of hydrogen-bond donors (Lipinski definition) is 0. The first-order chi connectivity index (χ1) is 17.7. The fourth-order valence-corrected chi connectivity index (χ4v) is 4.92. The molecule has 1 saturated heterocycles. The molecule has 2 aromatic rings. The molecule has 1 fully saturated rings. The number of benzene rings is 2. The molecular formula is C26H31F3N4O4Si. The van der Waals surface area contributed by atoms with Crippen molar-refractivity contribution < 1.29 is 31.9 Å². The summed E-state index contributed by atoms with van der Waals surface area (Å²) in [4.78, 5) is 30.3. The Bertz CT molecular complexity index is 1190. The molecule has 0 saturated carbocycles. The Morgan fingerprint density at radius 1 is 1.16 bits per heavy atom. The van der Waals surface area contributed by atoms with Crippen molar-refractivity contribution in [1.82, 2.24) is 4.90 Å². The van der Waals surface area contributed by atoms with Crippen molar-refractivity contribution >= 4 is 20.3 Å². The lowest BCUT2D eigenvalue weighted by molar-refractivity contribution is -0.137. The third-order valence-corrected chi connectivity index (χ3v) is 11.7. The molecule has 1 aliphatic rings. The molecular weight excluding hydrogens is 517 g/mol. The lowest BCUT2D eigenvalue weighted by atomic mass is 9.90. The summed E-state index contributed by atoms with van der Waals surface area (Å²) in [5, 5.41) is 3.54. The second-order valence-corrected chi connectivity index (χ2v) is 15.5. The van der Waals surface area contributed by atoms with Crippen LogP contribution in [0.2, 0.25) is 18.1 Å². The van der Waals surface area contributed by atoms with Gasteiger partial charge in [-0.05, 0) is 46.9 Å². The highest BCUT2D eigenvalue weighted by Gasteiger charge is 2.45. The lowest BCUT2D eigenvalue weighted by Gasteiger charge is -2.38. The van der Waals surface area contributed by atoms with Gasteiger partial charge in [0.15, 0.2) is 8.32 Å². The number of cyclic esters (lactones) is 1. The van der Waals surface area contributed by atoms with Crippen molar-refractivity contribution in [2.75, 3.05) is 13.2 Å². The number of amides is 2. The molecule has 12 heteroatoms. The quantitative estimate of drug-likeness (QED) is 0.150. The summed E-state index contributed by atoms with van der Waals surface area (Å²) in [5.74, 6) is -1.78. The molecule has 0 unspecified atom stereocenters. The molecule has 1 aliphatic heterocycles. The van der Waals surface area contributed by atoms with E-state index in [1.54, 1.807) is 30.3 Å². The Kier molecular flexibility index (Phi) is 8.60. The summed E-state index contributed by atoms with van der Waals surface area (Å²) < 4.78 is 51.1. The van der Waals surface area contributed by atoms with E-state index >= 15 is 0 Å². The Morgan fingerprint density at radius 3 is 2.29 bits per heavy atom. The zero-order chi connectivity index (χ0) is 28.3. The van der Waals surface area contributed by atoms with E-state index in [1.165, 1.54) is 12.1 Å². The zero-order valence-corrected chi connectivity index (χ0v) is 22.9. The number of azide groups is 1. The van der Waals surface area contributed by atoms with Crippen LogP contribution in [0.25, 0.3) is 10.4 Å². The zero-order valence-electron chi connectivity index (χ0n) is 21.9. The van der Waals surface area contributed by atoms with Gasteiger partial charge in [0.1, 0.15) is 18.7 Å². The number of nitrogens with zero attached hydrogens (tertiary/aromatic N) is 4. The predicted molar refractivity (Wildman–Crippen MR) is 138 cm³/mol. The summed E-state index contributed by atoms with van der Waals surface area (Å²) in [6, 6.07) is 10.8. The molecule has 8 nitrogen and oxygen atoms in total. The number of imide groups is 1. The van der Waals surface area contributed by atoms with Gasteiger partial charge in [-0.25, -0.2) is 9.69 Å². The molecule has 0 spiro atoms. The van der Waals surface area contributed by atoms with Crippen molar-refractivity contribution in [3.63, 3.8) is 0 Å². The van der Waals surface area contributed by atoms with Gasteiger partial charge in [-0.1, -0.05) is 68.4 Å². The van der Waals surface area contributed by atoms with Crippen LogP contribution in [0.15, 0.2) is 59.7 Å². The maximum absolute atomic E-state index is 13.8. The van der Waals surface area contributed by atoms with Crippen LogP contribution in [-0.4, -0.2) is 44.5 Å². The summed E-state index contributed by atoms with van der Waals surface area (Å²) in [7, 11) is -2.39. The summed E-state index contributed by atoms with van der Waals surface area (Å²) in [6.07, 6.45) is -5.44.